The van der Waals surface area contributed by atoms with Gasteiger partial charge in [0, 0.05) is 24.3 Å². The van der Waals surface area contributed by atoms with E-state index in [1.165, 1.54) is 0 Å². The number of amides is 1. The number of anilines is 1. The first-order valence-corrected chi connectivity index (χ1v) is 8.73. The van der Waals surface area contributed by atoms with Crippen LogP contribution in [0.1, 0.15) is 24.2 Å². The van der Waals surface area contributed by atoms with Gasteiger partial charge < -0.3 is 14.4 Å². The maximum atomic E-state index is 11.8. The number of esters is 1. The summed E-state index contributed by atoms with van der Waals surface area (Å²) in [5, 5.41) is 4.31. The molecule has 1 fully saturated rings. The van der Waals surface area contributed by atoms with Gasteiger partial charge in [0.2, 0.25) is 5.91 Å². The summed E-state index contributed by atoms with van der Waals surface area (Å²) in [4.78, 5) is 25.3. The van der Waals surface area contributed by atoms with Crippen molar-refractivity contribution in [2.45, 2.75) is 33.2 Å². The van der Waals surface area contributed by atoms with Crippen molar-refractivity contribution in [2.75, 3.05) is 24.7 Å². The van der Waals surface area contributed by atoms with Crippen LogP contribution in [0, 0.1) is 13.8 Å². The van der Waals surface area contributed by atoms with Crippen molar-refractivity contribution in [1.82, 2.24) is 9.78 Å². The summed E-state index contributed by atoms with van der Waals surface area (Å²) in [6, 6.07) is 9.14. The zero-order valence-corrected chi connectivity index (χ0v) is 15.1. The molecule has 0 radical (unpaired) electrons. The number of carbonyl (C=O) groups excluding carboxylic acids is 2. The Labute approximate surface area is 152 Å². The lowest BCUT2D eigenvalue weighted by Gasteiger charge is -2.16. The minimum absolute atomic E-state index is 0.143. The zero-order chi connectivity index (χ0) is 18.5. The van der Waals surface area contributed by atoms with Crippen LogP contribution in [0.4, 0.5) is 5.69 Å². The van der Waals surface area contributed by atoms with Gasteiger partial charge in [0.15, 0.2) is 6.61 Å². The number of aryl methyl sites for hydroxylation is 2. The minimum atomic E-state index is -0.426. The highest BCUT2D eigenvalue weighted by Crippen LogP contribution is 2.23. The lowest BCUT2D eigenvalue weighted by Crippen LogP contribution is -2.23. The monoisotopic (exact) mass is 357 g/mol. The lowest BCUT2D eigenvalue weighted by atomic mass is 10.3. The SMILES string of the molecule is Cc1cc(C)n(CCOC(=O)COc2ccc(N3CCCC3=O)cc2)n1. The third kappa shape index (κ3) is 4.41. The van der Waals surface area contributed by atoms with Crippen LogP contribution >= 0.6 is 0 Å². The largest absolute Gasteiger partial charge is 0.482 e. The lowest BCUT2D eigenvalue weighted by molar-refractivity contribution is -0.146. The number of ether oxygens (including phenoxy) is 2. The quantitative estimate of drug-likeness (QED) is 0.711. The molecule has 0 atom stereocenters. The van der Waals surface area contributed by atoms with Crippen LogP contribution in [0.15, 0.2) is 30.3 Å². The summed E-state index contributed by atoms with van der Waals surface area (Å²) < 4.78 is 12.4. The molecule has 1 aliphatic rings. The van der Waals surface area contributed by atoms with Gasteiger partial charge in [-0.25, -0.2) is 4.79 Å². The van der Waals surface area contributed by atoms with Crippen molar-refractivity contribution in [1.29, 1.82) is 0 Å². The van der Waals surface area contributed by atoms with Crippen LogP contribution in [-0.2, 0) is 20.9 Å². The molecule has 0 aliphatic carbocycles. The van der Waals surface area contributed by atoms with Crippen molar-refractivity contribution in [2.24, 2.45) is 0 Å². The number of hydrogen-bond acceptors (Lipinski definition) is 5. The fourth-order valence-electron chi connectivity index (χ4n) is 2.97. The second kappa shape index (κ2) is 8.03. The first-order valence-electron chi connectivity index (χ1n) is 8.73. The van der Waals surface area contributed by atoms with E-state index in [4.69, 9.17) is 9.47 Å². The number of nitrogens with zero attached hydrogens (tertiary/aromatic N) is 3. The molecular weight excluding hydrogens is 334 g/mol. The Morgan fingerprint density at radius 3 is 2.62 bits per heavy atom. The molecule has 1 aromatic carbocycles. The van der Waals surface area contributed by atoms with Gasteiger partial charge in [-0.3, -0.25) is 9.48 Å². The molecule has 2 aromatic rings. The van der Waals surface area contributed by atoms with Gasteiger partial charge >= 0.3 is 5.97 Å². The highest BCUT2D eigenvalue weighted by atomic mass is 16.6. The highest BCUT2D eigenvalue weighted by Gasteiger charge is 2.21. The molecule has 0 saturated carbocycles. The molecule has 1 aromatic heterocycles. The molecular formula is C19H23N3O4. The van der Waals surface area contributed by atoms with Crippen molar-refractivity contribution >= 4 is 17.6 Å². The Hall–Kier alpha value is -2.83. The van der Waals surface area contributed by atoms with Crippen LogP contribution in [-0.4, -0.2) is 41.4 Å². The van der Waals surface area contributed by atoms with Crippen LogP contribution < -0.4 is 9.64 Å². The first kappa shape index (κ1) is 18.0. The second-order valence-electron chi connectivity index (χ2n) is 6.30. The zero-order valence-electron chi connectivity index (χ0n) is 15.1. The van der Waals surface area contributed by atoms with Crippen molar-refractivity contribution in [3.8, 4) is 5.75 Å². The van der Waals surface area contributed by atoms with Crippen molar-refractivity contribution < 1.29 is 19.1 Å². The average Bonchev–Trinajstić information content (AvgIpc) is 3.18. The van der Waals surface area contributed by atoms with Gasteiger partial charge in [-0.1, -0.05) is 0 Å². The standard InChI is InChI=1S/C19H23N3O4/c1-14-12-15(2)22(20-14)10-11-25-19(24)13-26-17-7-5-16(6-8-17)21-9-3-4-18(21)23/h5-8,12H,3-4,9-11,13H2,1-2H3. The smallest absolute Gasteiger partial charge is 0.344 e. The van der Waals surface area contributed by atoms with E-state index in [9.17, 15) is 9.59 Å². The molecule has 0 N–H and O–H groups in total. The normalized spacial score (nSPS) is 13.9. The first-order chi connectivity index (χ1) is 12.5. The molecule has 3 rings (SSSR count). The van der Waals surface area contributed by atoms with Gasteiger partial charge in [0.05, 0.1) is 12.2 Å². The van der Waals surface area contributed by atoms with E-state index in [0.717, 1.165) is 30.0 Å². The Kier molecular flexibility index (Phi) is 5.55. The van der Waals surface area contributed by atoms with Gasteiger partial charge in [0.25, 0.3) is 0 Å². The number of carbonyl (C=O) groups is 2. The molecule has 26 heavy (non-hydrogen) atoms. The predicted octanol–water partition coefficient (Wildman–Crippen LogP) is 2.25. The van der Waals surface area contributed by atoms with Crippen LogP contribution in [0.25, 0.3) is 0 Å². The molecule has 1 amide bonds. The third-order valence-electron chi connectivity index (χ3n) is 4.25. The second-order valence-corrected chi connectivity index (χ2v) is 6.30. The van der Waals surface area contributed by atoms with E-state index >= 15 is 0 Å². The van der Waals surface area contributed by atoms with Gasteiger partial charge in [0.1, 0.15) is 12.4 Å². The van der Waals surface area contributed by atoms with E-state index in [0.29, 0.717) is 18.7 Å². The summed E-state index contributed by atoms with van der Waals surface area (Å²) >= 11 is 0. The average molecular weight is 357 g/mol. The van der Waals surface area contributed by atoms with E-state index in [2.05, 4.69) is 5.10 Å². The van der Waals surface area contributed by atoms with E-state index < -0.39 is 5.97 Å². The van der Waals surface area contributed by atoms with Crippen LogP contribution in [0.3, 0.4) is 0 Å². The third-order valence-corrected chi connectivity index (χ3v) is 4.25. The number of hydrogen-bond donors (Lipinski definition) is 0. The molecule has 1 saturated heterocycles. The van der Waals surface area contributed by atoms with Gasteiger partial charge in [-0.05, 0) is 50.6 Å². The van der Waals surface area contributed by atoms with Crippen LogP contribution in [0.2, 0.25) is 0 Å². The Balaban J connectivity index is 1.41. The molecule has 0 unspecified atom stereocenters. The van der Waals surface area contributed by atoms with E-state index in [1.807, 2.05) is 36.7 Å². The number of rotatable bonds is 7. The highest BCUT2D eigenvalue weighted by molar-refractivity contribution is 5.95. The molecule has 2 heterocycles. The fourth-order valence-corrected chi connectivity index (χ4v) is 2.97. The molecule has 138 valence electrons. The molecule has 0 spiro atoms. The Morgan fingerprint density at radius 2 is 2.00 bits per heavy atom. The number of benzene rings is 1. The fraction of sp³-hybridized carbons (Fsp3) is 0.421. The maximum Gasteiger partial charge on any atom is 0.344 e. The summed E-state index contributed by atoms with van der Waals surface area (Å²) in [5.41, 5.74) is 2.83. The minimum Gasteiger partial charge on any atom is -0.482 e. The topological polar surface area (TPSA) is 73.7 Å². The Bertz CT molecular complexity index is 783. The van der Waals surface area contributed by atoms with Crippen molar-refractivity contribution in [3.05, 3.63) is 41.7 Å². The molecule has 7 heteroatoms. The summed E-state index contributed by atoms with van der Waals surface area (Å²) in [7, 11) is 0. The summed E-state index contributed by atoms with van der Waals surface area (Å²) in [5.74, 6) is 0.283. The summed E-state index contributed by atoms with van der Waals surface area (Å²) in [6.07, 6.45) is 1.49. The van der Waals surface area contributed by atoms with Gasteiger partial charge in [-0.15, -0.1) is 0 Å². The molecule has 1 aliphatic heterocycles. The Morgan fingerprint density at radius 1 is 1.23 bits per heavy atom. The maximum absolute atomic E-state index is 11.8. The molecule has 7 nitrogen and oxygen atoms in total. The van der Waals surface area contributed by atoms with Crippen LogP contribution in [0.5, 0.6) is 5.75 Å². The summed E-state index contributed by atoms with van der Waals surface area (Å²) in [6.45, 7) is 5.25. The predicted molar refractivity (Wildman–Crippen MR) is 96.2 cm³/mol. The van der Waals surface area contributed by atoms with Crippen molar-refractivity contribution in [3.63, 3.8) is 0 Å². The van der Waals surface area contributed by atoms with E-state index in [1.54, 1.807) is 17.0 Å². The van der Waals surface area contributed by atoms with Gasteiger partial charge in [-0.2, -0.15) is 5.10 Å². The molecule has 0 bridgehead atoms. The van der Waals surface area contributed by atoms with E-state index in [-0.39, 0.29) is 19.1 Å². The number of aromatic nitrogens is 2.